The van der Waals surface area contributed by atoms with Crippen molar-refractivity contribution >= 4 is 17.5 Å². The fourth-order valence-corrected chi connectivity index (χ4v) is 2.94. The van der Waals surface area contributed by atoms with Gasteiger partial charge in [0.1, 0.15) is 17.3 Å². The zero-order chi connectivity index (χ0) is 26.3. The fraction of sp³-hybridized carbons (Fsp3) is 0.250. The van der Waals surface area contributed by atoms with Crippen LogP contribution in [0.1, 0.15) is 24.6 Å². The van der Waals surface area contributed by atoms with E-state index in [1.54, 1.807) is 13.1 Å². The van der Waals surface area contributed by atoms with Gasteiger partial charge in [-0.15, -0.1) is 0 Å². The first-order valence-corrected chi connectivity index (χ1v) is 10.7. The van der Waals surface area contributed by atoms with E-state index in [-0.39, 0.29) is 40.9 Å². The van der Waals surface area contributed by atoms with Crippen molar-refractivity contribution in [1.82, 2.24) is 19.9 Å². The van der Waals surface area contributed by atoms with E-state index in [0.717, 1.165) is 0 Å². The lowest BCUT2D eigenvalue weighted by Gasteiger charge is -2.13. The maximum atomic E-state index is 12.9. The lowest BCUT2D eigenvalue weighted by Crippen LogP contribution is -2.22. The van der Waals surface area contributed by atoms with Crippen LogP contribution in [0.3, 0.4) is 0 Å². The van der Waals surface area contributed by atoms with Gasteiger partial charge in [-0.3, -0.25) is 14.4 Å². The lowest BCUT2D eigenvalue weighted by molar-refractivity contribution is -0.140. The minimum absolute atomic E-state index is 0.0544. The Labute approximate surface area is 203 Å². The first-order chi connectivity index (χ1) is 17.0. The van der Waals surface area contributed by atoms with E-state index < -0.39 is 17.8 Å². The highest BCUT2D eigenvalue weighted by Gasteiger charge is 2.33. The third-order valence-electron chi connectivity index (χ3n) is 4.76. The number of hydrogen-bond donors (Lipinski definition) is 3. The Hall–Kier alpha value is -4.53. The SMILES string of the molecule is CC(=O)NCCCOc1ccc(-c2ncc(C(F)(F)F)[nH]2)cc1NC(=O)C#Cc1ccn(C)c(=O)c1. The summed E-state index contributed by atoms with van der Waals surface area (Å²) in [5.74, 6) is 4.24. The van der Waals surface area contributed by atoms with Gasteiger partial charge in [0.2, 0.25) is 5.91 Å². The minimum atomic E-state index is -4.59. The molecule has 0 aliphatic rings. The molecule has 3 rings (SSSR count). The topological polar surface area (TPSA) is 118 Å². The van der Waals surface area contributed by atoms with Crippen LogP contribution in [0.15, 0.2) is 47.5 Å². The summed E-state index contributed by atoms with van der Waals surface area (Å²) in [6, 6.07) is 7.22. The van der Waals surface area contributed by atoms with Gasteiger partial charge >= 0.3 is 12.1 Å². The first-order valence-electron chi connectivity index (χ1n) is 10.7. The lowest BCUT2D eigenvalue weighted by atomic mass is 10.1. The molecule has 3 aromatic rings. The van der Waals surface area contributed by atoms with E-state index in [2.05, 4.69) is 32.4 Å². The minimum Gasteiger partial charge on any atom is -0.491 e. The van der Waals surface area contributed by atoms with Gasteiger partial charge in [0.15, 0.2) is 0 Å². The van der Waals surface area contributed by atoms with Gasteiger partial charge in [-0.05, 0) is 30.7 Å². The van der Waals surface area contributed by atoms with Gasteiger partial charge in [-0.25, -0.2) is 4.98 Å². The highest BCUT2D eigenvalue weighted by molar-refractivity contribution is 6.05. The second-order valence-corrected chi connectivity index (χ2v) is 7.61. The van der Waals surface area contributed by atoms with Crippen LogP contribution in [0, 0.1) is 11.8 Å². The Morgan fingerprint density at radius 2 is 2.00 bits per heavy atom. The summed E-state index contributed by atoms with van der Waals surface area (Å²) in [7, 11) is 1.58. The highest BCUT2D eigenvalue weighted by Crippen LogP contribution is 2.32. The molecular weight excluding hydrogens is 479 g/mol. The smallest absolute Gasteiger partial charge is 0.432 e. The van der Waals surface area contributed by atoms with Gasteiger partial charge in [0, 0.05) is 49.8 Å². The number of rotatable bonds is 7. The molecule has 0 fully saturated rings. The molecule has 0 saturated carbocycles. The number of pyridine rings is 1. The van der Waals surface area contributed by atoms with Crippen molar-refractivity contribution in [3.8, 4) is 29.0 Å². The molecule has 188 valence electrons. The normalized spacial score (nSPS) is 10.8. The molecule has 0 unspecified atom stereocenters. The number of ether oxygens (including phenoxy) is 1. The molecule has 36 heavy (non-hydrogen) atoms. The summed E-state index contributed by atoms with van der Waals surface area (Å²) in [6.45, 7) is 1.96. The van der Waals surface area contributed by atoms with Crippen LogP contribution in [0.4, 0.5) is 18.9 Å². The van der Waals surface area contributed by atoms with Gasteiger partial charge in [-0.2, -0.15) is 13.2 Å². The Kier molecular flexibility index (Phi) is 8.16. The number of carbonyl (C=O) groups is 2. The number of halogens is 3. The van der Waals surface area contributed by atoms with Gasteiger partial charge in [-0.1, -0.05) is 5.92 Å². The van der Waals surface area contributed by atoms with Crippen molar-refractivity contribution < 1.29 is 27.5 Å². The number of benzene rings is 1. The molecule has 0 spiro atoms. The van der Waals surface area contributed by atoms with Crippen molar-refractivity contribution in [3.63, 3.8) is 0 Å². The Morgan fingerprint density at radius 3 is 2.67 bits per heavy atom. The molecule has 0 atom stereocenters. The zero-order valence-electron chi connectivity index (χ0n) is 19.3. The Balaban J connectivity index is 1.83. The second-order valence-electron chi connectivity index (χ2n) is 7.61. The number of imidazole rings is 1. The van der Waals surface area contributed by atoms with Crippen molar-refractivity contribution in [2.45, 2.75) is 19.5 Å². The maximum Gasteiger partial charge on any atom is 0.432 e. The number of nitrogens with one attached hydrogen (secondary N) is 3. The highest BCUT2D eigenvalue weighted by atomic mass is 19.4. The average Bonchev–Trinajstić information content (AvgIpc) is 3.31. The second kappa shape index (κ2) is 11.3. The summed E-state index contributed by atoms with van der Waals surface area (Å²) >= 11 is 0. The molecule has 3 N–H and O–H groups in total. The van der Waals surface area contributed by atoms with Crippen LogP contribution in [0.5, 0.6) is 5.75 Å². The van der Waals surface area contributed by atoms with E-state index in [9.17, 15) is 27.6 Å². The summed E-state index contributed by atoms with van der Waals surface area (Å²) in [6.07, 6.45) is -1.92. The first kappa shape index (κ1) is 26.1. The predicted molar refractivity (Wildman–Crippen MR) is 125 cm³/mol. The largest absolute Gasteiger partial charge is 0.491 e. The van der Waals surface area contributed by atoms with Crippen LogP contribution in [0.2, 0.25) is 0 Å². The number of aryl methyl sites for hydroxylation is 1. The van der Waals surface area contributed by atoms with Gasteiger partial charge in [0.05, 0.1) is 18.5 Å². The summed E-state index contributed by atoms with van der Waals surface area (Å²) in [4.78, 5) is 41.1. The van der Waals surface area contributed by atoms with Crippen LogP contribution in [-0.4, -0.2) is 39.5 Å². The molecule has 9 nitrogen and oxygen atoms in total. The molecule has 12 heteroatoms. The fourth-order valence-electron chi connectivity index (χ4n) is 2.94. The third-order valence-corrected chi connectivity index (χ3v) is 4.76. The Morgan fingerprint density at radius 1 is 1.22 bits per heavy atom. The van der Waals surface area contributed by atoms with E-state index >= 15 is 0 Å². The molecule has 0 bridgehead atoms. The molecule has 1 aromatic carbocycles. The van der Waals surface area contributed by atoms with Crippen molar-refractivity contribution in [1.29, 1.82) is 0 Å². The van der Waals surface area contributed by atoms with Crippen molar-refractivity contribution in [3.05, 3.63) is 64.3 Å². The summed E-state index contributed by atoms with van der Waals surface area (Å²) in [5.41, 5.74) is -0.541. The molecule has 2 aromatic heterocycles. The standard InChI is InChI=1S/C24H22F3N5O4/c1-15(33)28-9-3-11-36-19-6-5-17(23-29-14-20(31-23)24(25,26)27)13-18(19)30-21(34)7-4-16-8-10-32(2)22(35)12-16/h5-6,8,10,12-14H,3,9,11H2,1-2H3,(H,28,33)(H,29,31)(H,30,34). The zero-order valence-corrected chi connectivity index (χ0v) is 19.3. The Bertz CT molecular complexity index is 1380. The number of aromatic amines is 1. The van der Waals surface area contributed by atoms with Crippen LogP contribution in [0.25, 0.3) is 11.4 Å². The average molecular weight is 501 g/mol. The third kappa shape index (κ3) is 7.23. The number of anilines is 1. The number of amides is 2. The monoisotopic (exact) mass is 501 g/mol. The molecule has 2 amide bonds. The van der Waals surface area contributed by atoms with Crippen molar-refractivity contribution in [2.24, 2.45) is 7.05 Å². The van der Waals surface area contributed by atoms with E-state index in [1.807, 2.05) is 0 Å². The number of nitrogens with zero attached hydrogens (tertiary/aromatic N) is 2. The summed E-state index contributed by atoms with van der Waals surface area (Å²) < 4.78 is 45.9. The number of aromatic nitrogens is 3. The number of hydrogen-bond acceptors (Lipinski definition) is 5. The van der Waals surface area contributed by atoms with Crippen LogP contribution in [-0.2, 0) is 22.8 Å². The van der Waals surface area contributed by atoms with Gasteiger partial charge < -0.3 is 24.9 Å². The quantitative estimate of drug-likeness (QED) is 0.340. The molecule has 2 heterocycles. The summed E-state index contributed by atoms with van der Waals surface area (Å²) in [5, 5.41) is 5.19. The molecule has 0 radical (unpaired) electrons. The van der Waals surface area contributed by atoms with E-state index in [1.165, 1.54) is 42.0 Å². The van der Waals surface area contributed by atoms with Gasteiger partial charge in [0.25, 0.3) is 5.56 Å². The maximum absolute atomic E-state index is 12.9. The van der Waals surface area contributed by atoms with Crippen LogP contribution >= 0.6 is 0 Å². The van der Waals surface area contributed by atoms with E-state index in [4.69, 9.17) is 4.74 Å². The number of alkyl halides is 3. The molecule has 0 saturated heterocycles. The predicted octanol–water partition coefficient (Wildman–Crippen LogP) is 2.69. The molecular formula is C24H22F3N5O4. The van der Waals surface area contributed by atoms with E-state index in [0.29, 0.717) is 24.7 Å². The van der Waals surface area contributed by atoms with Crippen LogP contribution < -0.4 is 20.9 Å². The number of H-pyrrole nitrogens is 1. The molecule has 0 aliphatic carbocycles. The van der Waals surface area contributed by atoms with Crippen molar-refractivity contribution in [2.75, 3.05) is 18.5 Å². The molecule has 0 aliphatic heterocycles. The number of carbonyl (C=O) groups excluding carboxylic acids is 2.